The summed E-state index contributed by atoms with van der Waals surface area (Å²) < 4.78 is 31.7. The van der Waals surface area contributed by atoms with E-state index in [1.807, 2.05) is 167 Å². The fraction of sp³-hybridized carbons (Fsp3) is 0.167. The van der Waals surface area contributed by atoms with Gasteiger partial charge in [-0.05, 0) is 6.08 Å². The Bertz CT molecular complexity index is 1720. The molecule has 0 amide bonds. The van der Waals surface area contributed by atoms with Gasteiger partial charge in [0.25, 0.3) is 0 Å². The topological polar surface area (TPSA) is 47.1 Å². The zero-order chi connectivity index (χ0) is 30.9. The second kappa shape index (κ2) is 12.0. The Kier molecular flexibility index (Phi) is 8.16. The highest BCUT2D eigenvalue weighted by Gasteiger charge is 2.49. The summed E-state index contributed by atoms with van der Waals surface area (Å²) in [7, 11) is 1.30. The Morgan fingerprint density at radius 3 is 1.48 bits per heavy atom. The average molecular weight is 621 g/mol. The molecule has 0 aliphatic carbocycles. The van der Waals surface area contributed by atoms with Crippen LogP contribution in [0, 0.1) is 0 Å². The van der Waals surface area contributed by atoms with Crippen molar-refractivity contribution in [3.8, 4) is 0 Å². The lowest BCUT2D eigenvalue weighted by atomic mass is 10.2. The van der Waals surface area contributed by atoms with E-state index in [9.17, 15) is 0 Å². The molecule has 2 aliphatic rings. The Labute approximate surface area is 261 Å². The highest BCUT2D eigenvalue weighted by molar-refractivity contribution is 7.82. The standard InChI is InChI=1S/C36H38N4O2P2/c1-37-26-25-33(39(3)28-37)35-34(43(41,29-17-9-5-10-18-29)30-19-11-6-12-20-30)27-38(2)36(40(35)4)44(42,31-21-13-7-14-22-31)32-23-15-8-16-24-32/h5-27,36H,28H2,1-4H3. The van der Waals surface area contributed by atoms with E-state index in [2.05, 4.69) is 20.8 Å². The summed E-state index contributed by atoms with van der Waals surface area (Å²) in [5.74, 6) is -0.569. The van der Waals surface area contributed by atoms with E-state index in [1.165, 1.54) is 0 Å². The van der Waals surface area contributed by atoms with Crippen LogP contribution in [-0.2, 0) is 9.13 Å². The Balaban J connectivity index is 1.67. The molecule has 1 atom stereocenters. The van der Waals surface area contributed by atoms with Crippen LogP contribution in [-0.4, -0.2) is 60.4 Å². The molecule has 6 rings (SSSR count). The van der Waals surface area contributed by atoms with Crippen molar-refractivity contribution in [2.75, 3.05) is 34.9 Å². The van der Waals surface area contributed by atoms with E-state index < -0.39 is 20.2 Å². The average Bonchev–Trinajstić information content (AvgIpc) is 3.06. The molecule has 0 fully saturated rings. The van der Waals surface area contributed by atoms with E-state index in [0.717, 1.165) is 32.6 Å². The summed E-state index contributed by atoms with van der Waals surface area (Å²) in [6, 6.07) is 39.0. The van der Waals surface area contributed by atoms with Gasteiger partial charge in [-0.25, -0.2) is 0 Å². The number of likely N-dealkylation sites (N-methyl/N-ethyl adjacent to an activating group) is 2. The van der Waals surface area contributed by atoms with Crippen LogP contribution in [0.4, 0.5) is 0 Å². The molecular formula is C36H38N4O2P2. The molecule has 0 N–H and O–H groups in total. The van der Waals surface area contributed by atoms with Crippen molar-refractivity contribution >= 4 is 35.5 Å². The first-order valence-electron chi connectivity index (χ1n) is 14.7. The largest absolute Gasteiger partial charge is 0.363 e. The summed E-state index contributed by atoms with van der Waals surface area (Å²) in [6.07, 6.45) is 6.11. The number of rotatable bonds is 6. The molecule has 6 nitrogen and oxygen atoms in total. The molecule has 0 saturated heterocycles. The molecule has 2 aliphatic heterocycles. The van der Waals surface area contributed by atoms with Crippen LogP contribution >= 0.6 is 14.3 Å². The Morgan fingerprint density at radius 1 is 0.614 bits per heavy atom. The molecule has 0 aromatic heterocycles. The highest BCUT2D eigenvalue weighted by atomic mass is 31.2. The minimum Gasteiger partial charge on any atom is -0.363 e. The predicted octanol–water partition coefficient (Wildman–Crippen LogP) is 5.58. The van der Waals surface area contributed by atoms with Crippen molar-refractivity contribution in [3.05, 3.63) is 157 Å². The number of nitrogens with zero attached hydrogens (tertiary/aromatic N) is 4. The summed E-state index contributed by atoms with van der Waals surface area (Å²) in [5, 5.41) is 3.77. The van der Waals surface area contributed by atoms with E-state index >= 15 is 9.13 Å². The minimum absolute atomic E-state index is 0.569. The van der Waals surface area contributed by atoms with Crippen molar-refractivity contribution in [1.29, 1.82) is 0 Å². The van der Waals surface area contributed by atoms with Gasteiger partial charge in [-0.1, -0.05) is 121 Å². The zero-order valence-corrected chi connectivity index (χ0v) is 27.4. The first-order valence-corrected chi connectivity index (χ1v) is 18.2. The van der Waals surface area contributed by atoms with Crippen molar-refractivity contribution in [3.63, 3.8) is 0 Å². The van der Waals surface area contributed by atoms with Gasteiger partial charge in [0, 0.05) is 61.8 Å². The van der Waals surface area contributed by atoms with Crippen LogP contribution in [0.3, 0.4) is 0 Å². The third kappa shape index (κ3) is 5.03. The normalized spacial score (nSPS) is 19.3. The van der Waals surface area contributed by atoms with E-state index in [1.54, 1.807) is 0 Å². The lowest BCUT2D eigenvalue weighted by Gasteiger charge is -2.48. The van der Waals surface area contributed by atoms with Gasteiger partial charge in [0.15, 0.2) is 20.2 Å². The lowest BCUT2D eigenvalue weighted by molar-refractivity contribution is 0.202. The second-order valence-electron chi connectivity index (χ2n) is 11.4. The van der Waals surface area contributed by atoms with Crippen molar-refractivity contribution in [2.45, 2.75) is 5.91 Å². The van der Waals surface area contributed by atoms with Crippen LogP contribution < -0.4 is 21.2 Å². The molecule has 44 heavy (non-hydrogen) atoms. The summed E-state index contributed by atoms with van der Waals surface area (Å²) >= 11 is 0. The molecule has 0 saturated carbocycles. The first kappa shape index (κ1) is 29.8. The van der Waals surface area contributed by atoms with Gasteiger partial charge >= 0.3 is 0 Å². The molecule has 8 heteroatoms. The Morgan fingerprint density at radius 2 is 1.05 bits per heavy atom. The summed E-state index contributed by atoms with van der Waals surface area (Å²) in [6.45, 7) is 0.660. The van der Waals surface area contributed by atoms with Gasteiger partial charge in [0.2, 0.25) is 0 Å². The summed E-state index contributed by atoms with van der Waals surface area (Å²) in [5.41, 5.74) is 1.73. The van der Waals surface area contributed by atoms with Crippen LogP contribution in [0.15, 0.2) is 157 Å². The van der Waals surface area contributed by atoms with Crippen molar-refractivity contribution in [2.24, 2.45) is 0 Å². The van der Waals surface area contributed by atoms with Crippen molar-refractivity contribution in [1.82, 2.24) is 19.6 Å². The van der Waals surface area contributed by atoms with E-state index in [4.69, 9.17) is 0 Å². The monoisotopic (exact) mass is 620 g/mol. The smallest absolute Gasteiger partial charge is 0.184 e. The maximum Gasteiger partial charge on any atom is 0.184 e. The van der Waals surface area contributed by atoms with Crippen LogP contribution in [0.25, 0.3) is 0 Å². The van der Waals surface area contributed by atoms with E-state index in [0.29, 0.717) is 12.0 Å². The second-order valence-corrected chi connectivity index (χ2v) is 16.9. The molecule has 2 heterocycles. The SMILES string of the molecule is CN1C=CC(=C2C(P(=O)(c3ccccc3)c3ccccc3)=CN(C)C(P(=O)(c3ccccc3)c3ccccc3)N2C)N(C)C1. The Hall–Kier alpha value is -4.24. The molecule has 4 aromatic rings. The van der Waals surface area contributed by atoms with Gasteiger partial charge in [-0.15, -0.1) is 0 Å². The molecule has 4 aromatic carbocycles. The number of hydrogen-bond donors (Lipinski definition) is 0. The first-order chi connectivity index (χ1) is 21.3. The van der Waals surface area contributed by atoms with Gasteiger partial charge in [0.1, 0.15) is 0 Å². The molecule has 1 unspecified atom stereocenters. The molecular weight excluding hydrogens is 582 g/mol. The summed E-state index contributed by atoms with van der Waals surface area (Å²) in [4.78, 5) is 8.39. The number of hydrogen-bond acceptors (Lipinski definition) is 6. The molecule has 0 radical (unpaired) electrons. The highest BCUT2D eigenvalue weighted by Crippen LogP contribution is 2.61. The van der Waals surface area contributed by atoms with E-state index in [-0.39, 0.29) is 0 Å². The predicted molar refractivity (Wildman–Crippen MR) is 183 cm³/mol. The van der Waals surface area contributed by atoms with Crippen LogP contribution in [0.1, 0.15) is 0 Å². The maximum atomic E-state index is 15.9. The maximum absolute atomic E-state index is 15.9. The fourth-order valence-corrected chi connectivity index (χ4v) is 12.6. The zero-order valence-electron chi connectivity index (χ0n) is 25.6. The van der Waals surface area contributed by atoms with Gasteiger partial charge in [-0.2, -0.15) is 0 Å². The molecule has 224 valence electrons. The fourth-order valence-electron chi connectivity index (χ4n) is 6.39. The molecule has 0 spiro atoms. The number of benzene rings is 4. The van der Waals surface area contributed by atoms with Gasteiger partial charge in [0.05, 0.1) is 23.4 Å². The van der Waals surface area contributed by atoms with Crippen LogP contribution in [0.2, 0.25) is 0 Å². The van der Waals surface area contributed by atoms with Crippen LogP contribution in [0.5, 0.6) is 0 Å². The molecule has 0 bridgehead atoms. The third-order valence-electron chi connectivity index (χ3n) is 8.39. The third-order valence-corrected chi connectivity index (χ3v) is 14.9. The number of allylic oxidation sites excluding steroid dienone is 2. The lowest BCUT2D eigenvalue weighted by Crippen LogP contribution is -2.50. The minimum atomic E-state index is -3.41. The quantitative estimate of drug-likeness (QED) is 0.263. The van der Waals surface area contributed by atoms with Gasteiger partial charge in [-0.3, -0.25) is 0 Å². The van der Waals surface area contributed by atoms with Gasteiger partial charge < -0.3 is 28.7 Å². The van der Waals surface area contributed by atoms with Crippen molar-refractivity contribution < 1.29 is 9.13 Å².